The van der Waals surface area contributed by atoms with Crippen LogP contribution >= 0.6 is 0 Å². The second kappa shape index (κ2) is 7.79. The molecule has 0 aliphatic heterocycles. The highest BCUT2D eigenvalue weighted by Gasteiger charge is 2.16. The summed E-state index contributed by atoms with van der Waals surface area (Å²) < 4.78 is 5.31. The fourth-order valence-corrected chi connectivity index (χ4v) is 3.45. The zero-order valence-electron chi connectivity index (χ0n) is 16.3. The third-order valence-corrected chi connectivity index (χ3v) is 5.08. The number of pyridine rings is 2. The first-order valence-electron chi connectivity index (χ1n) is 9.38. The number of nitrogens with one attached hydrogen (secondary N) is 1. The van der Waals surface area contributed by atoms with Gasteiger partial charge in [-0.05, 0) is 37.2 Å². The third-order valence-electron chi connectivity index (χ3n) is 5.08. The monoisotopic (exact) mass is 369 g/mol. The van der Waals surface area contributed by atoms with Gasteiger partial charge >= 0.3 is 0 Å². The second-order valence-electron chi connectivity index (χ2n) is 6.77. The van der Waals surface area contributed by atoms with Gasteiger partial charge in [-0.25, -0.2) is 9.97 Å². The quantitative estimate of drug-likeness (QED) is 0.522. The van der Waals surface area contributed by atoms with Crippen molar-refractivity contribution in [3.05, 3.63) is 78.5 Å². The van der Waals surface area contributed by atoms with Gasteiger partial charge in [0.25, 0.3) is 0 Å². The number of ether oxygens (including phenoxy) is 1. The Kier molecular flexibility index (Phi) is 5.04. The van der Waals surface area contributed by atoms with Gasteiger partial charge in [0.2, 0.25) is 5.88 Å². The summed E-state index contributed by atoms with van der Waals surface area (Å²) in [6.45, 7) is 2.16. The zero-order chi connectivity index (χ0) is 19.5. The topological polar surface area (TPSA) is 47.0 Å². The molecule has 0 amide bonds. The van der Waals surface area contributed by atoms with Crippen LogP contribution in [-0.4, -0.2) is 24.1 Å². The van der Waals surface area contributed by atoms with E-state index in [1.54, 1.807) is 13.3 Å². The van der Waals surface area contributed by atoms with E-state index in [9.17, 15) is 0 Å². The van der Waals surface area contributed by atoms with Crippen LogP contribution in [0.2, 0.25) is 0 Å². The van der Waals surface area contributed by atoms with E-state index in [1.807, 2.05) is 25.2 Å². The predicted molar refractivity (Wildman–Crippen MR) is 114 cm³/mol. The van der Waals surface area contributed by atoms with Crippen LogP contribution in [0.5, 0.6) is 5.88 Å². The van der Waals surface area contributed by atoms with Crippen molar-refractivity contribution in [1.29, 1.82) is 0 Å². The summed E-state index contributed by atoms with van der Waals surface area (Å²) in [6.07, 6.45) is 1.77. The summed E-state index contributed by atoms with van der Waals surface area (Å²) in [7, 11) is 3.61. The summed E-state index contributed by atoms with van der Waals surface area (Å²) >= 11 is 0. The van der Waals surface area contributed by atoms with Crippen molar-refractivity contribution in [3.8, 4) is 28.3 Å². The van der Waals surface area contributed by atoms with Gasteiger partial charge in [-0.15, -0.1) is 0 Å². The Bertz CT molecular complexity index is 1110. The van der Waals surface area contributed by atoms with Crippen molar-refractivity contribution in [2.75, 3.05) is 14.2 Å². The summed E-state index contributed by atoms with van der Waals surface area (Å²) in [6, 6.07) is 23.0. The van der Waals surface area contributed by atoms with Gasteiger partial charge in [0.05, 0.1) is 18.3 Å². The first kappa shape index (κ1) is 18.1. The first-order valence-corrected chi connectivity index (χ1v) is 9.38. The van der Waals surface area contributed by atoms with Crippen LogP contribution in [0.4, 0.5) is 0 Å². The predicted octanol–water partition coefficient (Wildman–Crippen LogP) is 5.25. The number of fused-ring (bicyclic) bond motifs is 1. The molecule has 1 N–H and O–H groups in total. The summed E-state index contributed by atoms with van der Waals surface area (Å²) in [4.78, 5) is 9.37. The van der Waals surface area contributed by atoms with Crippen LogP contribution in [0.15, 0.2) is 72.9 Å². The Morgan fingerprint density at radius 2 is 1.75 bits per heavy atom. The normalized spacial score (nSPS) is 12.1. The highest BCUT2D eigenvalue weighted by Crippen LogP contribution is 2.34. The van der Waals surface area contributed by atoms with Crippen molar-refractivity contribution >= 4 is 10.9 Å². The maximum Gasteiger partial charge on any atom is 0.213 e. The van der Waals surface area contributed by atoms with E-state index >= 15 is 0 Å². The van der Waals surface area contributed by atoms with Gasteiger partial charge in [-0.2, -0.15) is 0 Å². The van der Waals surface area contributed by atoms with Gasteiger partial charge in [0.1, 0.15) is 0 Å². The maximum atomic E-state index is 5.31. The molecule has 0 fully saturated rings. The molecular formula is C24H23N3O. The lowest BCUT2D eigenvalue weighted by Gasteiger charge is -2.18. The number of nitrogens with zero attached hydrogens (tertiary/aromatic N) is 2. The van der Waals surface area contributed by atoms with E-state index in [4.69, 9.17) is 9.72 Å². The molecule has 1 atom stereocenters. The molecule has 4 heteroatoms. The fourth-order valence-electron chi connectivity index (χ4n) is 3.45. The average Bonchev–Trinajstić information content (AvgIpc) is 2.77. The number of hydrogen-bond donors (Lipinski definition) is 1. The van der Waals surface area contributed by atoms with E-state index < -0.39 is 0 Å². The number of hydrogen-bond acceptors (Lipinski definition) is 4. The molecule has 28 heavy (non-hydrogen) atoms. The molecule has 0 spiro atoms. The number of para-hydroxylation sites is 1. The maximum absolute atomic E-state index is 5.31. The molecule has 2 heterocycles. The Morgan fingerprint density at radius 3 is 2.50 bits per heavy atom. The summed E-state index contributed by atoms with van der Waals surface area (Å²) in [5.41, 5.74) is 6.39. The third kappa shape index (κ3) is 3.35. The van der Waals surface area contributed by atoms with Gasteiger partial charge in [0.15, 0.2) is 0 Å². The largest absolute Gasteiger partial charge is 0.481 e. The molecule has 0 saturated heterocycles. The minimum atomic E-state index is 0.191. The number of methoxy groups -OCH3 is 1. The molecule has 4 aromatic rings. The van der Waals surface area contributed by atoms with E-state index in [0.29, 0.717) is 5.88 Å². The van der Waals surface area contributed by atoms with Crippen molar-refractivity contribution in [3.63, 3.8) is 0 Å². The van der Waals surface area contributed by atoms with Crippen LogP contribution in [-0.2, 0) is 0 Å². The molecule has 140 valence electrons. The average molecular weight is 369 g/mol. The van der Waals surface area contributed by atoms with Gasteiger partial charge in [0, 0.05) is 34.8 Å². The van der Waals surface area contributed by atoms with Crippen LogP contribution < -0.4 is 10.1 Å². The molecule has 0 saturated carbocycles. The van der Waals surface area contributed by atoms with E-state index in [0.717, 1.165) is 33.3 Å². The van der Waals surface area contributed by atoms with E-state index in [2.05, 4.69) is 65.8 Å². The lowest BCUT2D eigenvalue weighted by molar-refractivity contribution is 0.398. The van der Waals surface area contributed by atoms with Crippen molar-refractivity contribution in [2.45, 2.75) is 13.0 Å². The van der Waals surface area contributed by atoms with Gasteiger partial charge in [-0.1, -0.05) is 48.5 Å². The highest BCUT2D eigenvalue weighted by molar-refractivity contribution is 5.95. The molecule has 0 radical (unpaired) electrons. The first-order chi connectivity index (χ1) is 13.7. The molecule has 2 aromatic heterocycles. The summed E-state index contributed by atoms with van der Waals surface area (Å²) in [5, 5.41) is 4.47. The molecule has 0 aliphatic carbocycles. The highest BCUT2D eigenvalue weighted by atomic mass is 16.5. The molecule has 0 bridgehead atoms. The van der Waals surface area contributed by atoms with Gasteiger partial charge < -0.3 is 10.1 Å². The molecule has 4 rings (SSSR count). The Morgan fingerprint density at radius 1 is 0.929 bits per heavy atom. The van der Waals surface area contributed by atoms with Crippen molar-refractivity contribution < 1.29 is 4.74 Å². The molecule has 4 nitrogen and oxygen atoms in total. The Labute approximate surface area is 165 Å². The Balaban J connectivity index is 1.99. The van der Waals surface area contributed by atoms with Crippen LogP contribution in [0, 0.1) is 0 Å². The molecule has 2 aromatic carbocycles. The zero-order valence-corrected chi connectivity index (χ0v) is 16.3. The summed E-state index contributed by atoms with van der Waals surface area (Å²) in [5.74, 6) is 0.596. The molecule has 0 aliphatic rings. The smallest absolute Gasteiger partial charge is 0.213 e. The molecular weight excluding hydrogens is 346 g/mol. The van der Waals surface area contributed by atoms with Crippen LogP contribution in [0.3, 0.4) is 0 Å². The fraction of sp³-hybridized carbons (Fsp3) is 0.167. The minimum absolute atomic E-state index is 0.191. The minimum Gasteiger partial charge on any atom is -0.481 e. The van der Waals surface area contributed by atoms with Crippen LogP contribution in [0.25, 0.3) is 33.3 Å². The van der Waals surface area contributed by atoms with E-state index in [-0.39, 0.29) is 6.04 Å². The number of benzene rings is 2. The van der Waals surface area contributed by atoms with Crippen molar-refractivity contribution in [1.82, 2.24) is 15.3 Å². The molecule has 1 unspecified atom stereocenters. The van der Waals surface area contributed by atoms with Crippen LogP contribution in [0.1, 0.15) is 18.5 Å². The standard InChI is InChI=1S/C24H23N3O/c1-16(25-2)21-14-19-10-7-11-20(18-12-13-26-22(15-18)28-3)24(19)27-23(21)17-8-5-4-6-9-17/h4-16,25H,1-3H3. The Hall–Kier alpha value is -3.24. The van der Waals surface area contributed by atoms with E-state index in [1.165, 1.54) is 5.56 Å². The van der Waals surface area contributed by atoms with Gasteiger partial charge in [-0.3, -0.25) is 0 Å². The number of rotatable bonds is 5. The second-order valence-corrected chi connectivity index (χ2v) is 6.77. The SMILES string of the molecule is CNC(C)c1cc2cccc(-c3ccnc(OC)c3)c2nc1-c1ccccc1. The van der Waals surface area contributed by atoms with Crippen molar-refractivity contribution in [2.24, 2.45) is 0 Å². The number of aromatic nitrogens is 2. The lowest BCUT2D eigenvalue weighted by Crippen LogP contribution is -2.14. The lowest BCUT2D eigenvalue weighted by atomic mass is 9.96.